The Morgan fingerprint density at radius 2 is 1.76 bits per heavy atom. The minimum absolute atomic E-state index is 0.0541. The number of benzene rings is 2. The lowest BCUT2D eigenvalue weighted by Gasteiger charge is -2.21. The summed E-state index contributed by atoms with van der Waals surface area (Å²) in [6, 6.07) is 10.5. The first-order chi connectivity index (χ1) is 9.79. The minimum Gasteiger partial charge on any atom is -0.478 e. The molecule has 0 aliphatic rings. The molecule has 0 saturated carbocycles. The topological polar surface area (TPSA) is 74.7 Å². The monoisotopic (exact) mass is 307 g/mol. The largest absolute Gasteiger partial charge is 0.478 e. The molecule has 5 nitrogen and oxygen atoms in total. The normalized spacial score (nSPS) is 11.5. The van der Waals surface area contributed by atoms with Crippen LogP contribution in [0.3, 0.4) is 0 Å². The predicted octanol–water partition coefficient (Wildman–Crippen LogP) is 2.02. The molecule has 0 fully saturated rings. The Hall–Kier alpha value is -2.08. The van der Waals surface area contributed by atoms with E-state index >= 15 is 0 Å². The molecular formula is C15H17NO4S. The third-order valence-corrected chi connectivity index (χ3v) is 4.26. The Labute approximate surface area is 123 Å². The van der Waals surface area contributed by atoms with Crippen molar-refractivity contribution in [1.29, 1.82) is 0 Å². The summed E-state index contributed by atoms with van der Waals surface area (Å²) >= 11 is 0. The van der Waals surface area contributed by atoms with E-state index in [4.69, 9.17) is 0 Å². The molecule has 2 aromatic rings. The summed E-state index contributed by atoms with van der Waals surface area (Å²) in [5.74, 6) is -0.921. The van der Waals surface area contributed by atoms with E-state index in [9.17, 15) is 18.3 Å². The Kier molecular flexibility index (Phi) is 4.18. The SMILES string of the molecule is CN(CCS(C)(=O)=O)c1ccc(C(=O)O)c2ccccc12. The fourth-order valence-electron chi connectivity index (χ4n) is 2.23. The Morgan fingerprint density at radius 1 is 1.14 bits per heavy atom. The quantitative estimate of drug-likeness (QED) is 0.914. The molecule has 0 bridgehead atoms. The van der Waals surface area contributed by atoms with Gasteiger partial charge in [0.15, 0.2) is 0 Å². The van der Waals surface area contributed by atoms with Crippen molar-refractivity contribution in [3.05, 3.63) is 42.0 Å². The Balaban J connectivity index is 2.46. The third-order valence-electron chi connectivity index (χ3n) is 3.34. The van der Waals surface area contributed by atoms with Crippen molar-refractivity contribution in [2.24, 2.45) is 0 Å². The Bertz CT molecular complexity index is 783. The molecule has 0 unspecified atom stereocenters. The van der Waals surface area contributed by atoms with Crippen molar-refractivity contribution < 1.29 is 18.3 Å². The minimum atomic E-state index is -3.04. The zero-order chi connectivity index (χ0) is 15.6. The first kappa shape index (κ1) is 15.3. The van der Waals surface area contributed by atoms with Gasteiger partial charge in [0.25, 0.3) is 0 Å². The maximum Gasteiger partial charge on any atom is 0.336 e. The van der Waals surface area contributed by atoms with Crippen LogP contribution in [0.5, 0.6) is 0 Å². The van der Waals surface area contributed by atoms with Gasteiger partial charge in [0, 0.05) is 30.9 Å². The zero-order valence-electron chi connectivity index (χ0n) is 11.9. The van der Waals surface area contributed by atoms with Gasteiger partial charge < -0.3 is 10.0 Å². The average Bonchev–Trinajstić information content (AvgIpc) is 2.42. The summed E-state index contributed by atoms with van der Waals surface area (Å²) in [6.45, 7) is 0.356. The average molecular weight is 307 g/mol. The van der Waals surface area contributed by atoms with Crippen LogP contribution in [0.1, 0.15) is 10.4 Å². The number of aromatic carboxylic acids is 1. The second-order valence-electron chi connectivity index (χ2n) is 5.03. The number of carboxylic acids is 1. The number of nitrogens with zero attached hydrogens (tertiary/aromatic N) is 1. The van der Waals surface area contributed by atoms with Crippen molar-refractivity contribution >= 4 is 32.3 Å². The molecule has 2 rings (SSSR count). The fourth-order valence-corrected chi connectivity index (χ4v) is 2.83. The summed E-state index contributed by atoms with van der Waals surface area (Å²) in [4.78, 5) is 13.1. The number of hydrogen-bond donors (Lipinski definition) is 1. The van der Waals surface area contributed by atoms with Crippen LogP contribution in [0.25, 0.3) is 10.8 Å². The molecule has 0 aliphatic heterocycles. The van der Waals surface area contributed by atoms with Crippen molar-refractivity contribution in [3.63, 3.8) is 0 Å². The van der Waals surface area contributed by atoms with Crippen LogP contribution in [0.2, 0.25) is 0 Å². The Morgan fingerprint density at radius 3 is 2.33 bits per heavy atom. The van der Waals surface area contributed by atoms with Gasteiger partial charge in [-0.05, 0) is 17.5 Å². The molecule has 0 atom stereocenters. The van der Waals surface area contributed by atoms with Crippen LogP contribution in [0.4, 0.5) is 5.69 Å². The van der Waals surface area contributed by atoms with E-state index in [-0.39, 0.29) is 11.3 Å². The summed E-state index contributed by atoms with van der Waals surface area (Å²) in [5.41, 5.74) is 1.06. The number of anilines is 1. The molecule has 6 heteroatoms. The molecule has 1 N–H and O–H groups in total. The van der Waals surface area contributed by atoms with Gasteiger partial charge in [-0.1, -0.05) is 24.3 Å². The molecule has 0 amide bonds. The molecule has 0 saturated heterocycles. The first-order valence-corrected chi connectivity index (χ1v) is 8.49. The van der Waals surface area contributed by atoms with Crippen LogP contribution in [0, 0.1) is 0 Å². The van der Waals surface area contributed by atoms with Gasteiger partial charge in [0.2, 0.25) is 0 Å². The highest BCUT2D eigenvalue weighted by Gasteiger charge is 2.14. The molecule has 0 heterocycles. The van der Waals surface area contributed by atoms with E-state index in [0.29, 0.717) is 11.9 Å². The lowest BCUT2D eigenvalue weighted by Crippen LogP contribution is -2.25. The molecule has 0 spiro atoms. The van der Waals surface area contributed by atoms with Crippen molar-refractivity contribution in [1.82, 2.24) is 0 Å². The second-order valence-corrected chi connectivity index (χ2v) is 7.29. The smallest absolute Gasteiger partial charge is 0.336 e. The third kappa shape index (κ3) is 3.52. The molecule has 112 valence electrons. The van der Waals surface area contributed by atoms with Crippen molar-refractivity contribution in [2.45, 2.75) is 0 Å². The van der Waals surface area contributed by atoms with Crippen LogP contribution >= 0.6 is 0 Å². The van der Waals surface area contributed by atoms with Crippen molar-refractivity contribution in [2.75, 3.05) is 30.5 Å². The van der Waals surface area contributed by atoms with Crippen LogP contribution in [-0.4, -0.2) is 45.1 Å². The summed E-state index contributed by atoms with van der Waals surface area (Å²) in [6.07, 6.45) is 1.20. The van der Waals surface area contributed by atoms with E-state index in [1.165, 1.54) is 6.26 Å². The fraction of sp³-hybridized carbons (Fsp3) is 0.267. The number of rotatable bonds is 5. The maximum absolute atomic E-state index is 11.3. The highest BCUT2D eigenvalue weighted by molar-refractivity contribution is 7.90. The number of hydrogen-bond acceptors (Lipinski definition) is 4. The molecule has 0 radical (unpaired) electrons. The maximum atomic E-state index is 11.3. The highest BCUT2D eigenvalue weighted by Crippen LogP contribution is 2.29. The van der Waals surface area contributed by atoms with E-state index in [2.05, 4.69) is 0 Å². The van der Waals surface area contributed by atoms with Crippen LogP contribution in [-0.2, 0) is 9.84 Å². The van der Waals surface area contributed by atoms with Gasteiger partial charge in [0.05, 0.1) is 11.3 Å². The van der Waals surface area contributed by atoms with E-state index in [1.807, 2.05) is 17.0 Å². The van der Waals surface area contributed by atoms with Gasteiger partial charge in [-0.3, -0.25) is 0 Å². The zero-order valence-corrected chi connectivity index (χ0v) is 12.7. The van der Waals surface area contributed by atoms with Gasteiger partial charge in [0.1, 0.15) is 9.84 Å². The van der Waals surface area contributed by atoms with Gasteiger partial charge in [-0.25, -0.2) is 13.2 Å². The molecule has 2 aromatic carbocycles. The van der Waals surface area contributed by atoms with Gasteiger partial charge >= 0.3 is 5.97 Å². The highest BCUT2D eigenvalue weighted by atomic mass is 32.2. The number of carboxylic acid groups (broad SMARTS) is 1. The van der Waals surface area contributed by atoms with Gasteiger partial charge in [-0.15, -0.1) is 0 Å². The molecule has 0 aromatic heterocycles. The summed E-state index contributed by atoms with van der Waals surface area (Å²) in [5, 5.41) is 10.7. The second kappa shape index (κ2) is 5.73. The standard InChI is InChI=1S/C15H17NO4S/c1-16(9-10-21(2,19)20)14-8-7-13(15(17)18)11-5-3-4-6-12(11)14/h3-8H,9-10H2,1-2H3,(H,17,18). The summed E-state index contributed by atoms with van der Waals surface area (Å²) < 4.78 is 22.5. The lowest BCUT2D eigenvalue weighted by atomic mass is 10.0. The number of sulfone groups is 1. The molecule has 0 aliphatic carbocycles. The van der Waals surface area contributed by atoms with E-state index in [0.717, 1.165) is 11.1 Å². The summed E-state index contributed by atoms with van der Waals surface area (Å²) in [7, 11) is -1.24. The molecule has 21 heavy (non-hydrogen) atoms. The van der Waals surface area contributed by atoms with E-state index < -0.39 is 15.8 Å². The van der Waals surface area contributed by atoms with Crippen molar-refractivity contribution in [3.8, 4) is 0 Å². The lowest BCUT2D eigenvalue weighted by molar-refractivity contribution is 0.0699. The number of carbonyl (C=O) groups is 1. The van der Waals surface area contributed by atoms with Crippen LogP contribution in [0.15, 0.2) is 36.4 Å². The number of fused-ring (bicyclic) bond motifs is 1. The predicted molar refractivity (Wildman–Crippen MR) is 83.9 cm³/mol. The first-order valence-electron chi connectivity index (χ1n) is 6.43. The van der Waals surface area contributed by atoms with Crippen LogP contribution < -0.4 is 4.90 Å². The van der Waals surface area contributed by atoms with Gasteiger partial charge in [-0.2, -0.15) is 0 Å². The molecular weight excluding hydrogens is 290 g/mol. The van der Waals surface area contributed by atoms with E-state index in [1.54, 1.807) is 31.3 Å².